The Morgan fingerprint density at radius 1 is 1.29 bits per heavy atom. The standard InChI is InChI=1S/C19H28F3N3O3/c1-2-23-18(24-9-5-10-26-13-15-8-11-27-14-15)25-12-16-6-3-4-7-17(16)28-19(20,21)22/h3-4,6-7,15H,2,5,8-14H2,1H3,(H2,23,24,25). The van der Waals surface area contributed by atoms with Crippen molar-refractivity contribution >= 4 is 5.96 Å². The van der Waals surface area contributed by atoms with E-state index in [0.717, 1.165) is 26.1 Å². The predicted molar refractivity (Wildman–Crippen MR) is 100 cm³/mol. The van der Waals surface area contributed by atoms with Gasteiger partial charge < -0.3 is 24.8 Å². The van der Waals surface area contributed by atoms with Crippen molar-refractivity contribution in [3.8, 4) is 5.75 Å². The molecule has 1 atom stereocenters. The summed E-state index contributed by atoms with van der Waals surface area (Å²) >= 11 is 0. The molecule has 1 aromatic rings. The second kappa shape index (κ2) is 11.8. The molecule has 0 amide bonds. The van der Waals surface area contributed by atoms with Crippen molar-refractivity contribution in [1.82, 2.24) is 10.6 Å². The fourth-order valence-corrected chi connectivity index (χ4v) is 2.71. The maximum Gasteiger partial charge on any atom is 0.573 e. The highest BCUT2D eigenvalue weighted by molar-refractivity contribution is 5.79. The van der Waals surface area contributed by atoms with Crippen LogP contribution in [0.3, 0.4) is 0 Å². The molecule has 1 aliphatic rings. The highest BCUT2D eigenvalue weighted by Crippen LogP contribution is 2.26. The zero-order valence-corrected chi connectivity index (χ0v) is 16.1. The Bertz CT molecular complexity index is 606. The lowest BCUT2D eigenvalue weighted by Crippen LogP contribution is -2.38. The van der Waals surface area contributed by atoms with Crippen LogP contribution in [0.2, 0.25) is 0 Å². The van der Waals surface area contributed by atoms with E-state index in [1.165, 1.54) is 12.1 Å². The second-order valence-electron chi connectivity index (χ2n) is 6.44. The molecule has 1 heterocycles. The topological polar surface area (TPSA) is 64.1 Å². The van der Waals surface area contributed by atoms with Gasteiger partial charge in [0.25, 0.3) is 0 Å². The quantitative estimate of drug-likeness (QED) is 0.357. The first-order chi connectivity index (χ1) is 13.5. The average molecular weight is 403 g/mol. The summed E-state index contributed by atoms with van der Waals surface area (Å²) in [6.07, 6.45) is -2.88. The van der Waals surface area contributed by atoms with Gasteiger partial charge in [0.05, 0.1) is 19.8 Å². The monoisotopic (exact) mass is 403 g/mol. The first kappa shape index (κ1) is 22.3. The Morgan fingerprint density at radius 2 is 2.11 bits per heavy atom. The number of aliphatic imine (C=N–C) groups is 1. The number of nitrogens with one attached hydrogen (secondary N) is 2. The van der Waals surface area contributed by atoms with Crippen LogP contribution < -0.4 is 15.4 Å². The number of alkyl halides is 3. The number of rotatable bonds is 10. The molecule has 1 unspecified atom stereocenters. The Balaban J connectivity index is 1.77. The van der Waals surface area contributed by atoms with Gasteiger partial charge in [-0.05, 0) is 25.8 Å². The summed E-state index contributed by atoms with van der Waals surface area (Å²) in [6, 6.07) is 6.00. The van der Waals surface area contributed by atoms with Gasteiger partial charge in [0.1, 0.15) is 5.75 Å². The zero-order valence-electron chi connectivity index (χ0n) is 16.1. The highest BCUT2D eigenvalue weighted by atomic mass is 19.4. The number of hydrogen-bond donors (Lipinski definition) is 2. The third-order valence-corrected chi connectivity index (χ3v) is 4.09. The first-order valence-electron chi connectivity index (χ1n) is 9.49. The molecule has 158 valence electrons. The zero-order chi connectivity index (χ0) is 20.2. The van der Waals surface area contributed by atoms with E-state index in [0.29, 0.717) is 43.7 Å². The SMILES string of the molecule is CCNC(=NCc1ccccc1OC(F)(F)F)NCCCOCC1CCOC1. The number of benzene rings is 1. The van der Waals surface area contributed by atoms with Crippen molar-refractivity contribution < 1.29 is 27.4 Å². The van der Waals surface area contributed by atoms with Crippen LogP contribution in [0, 0.1) is 5.92 Å². The van der Waals surface area contributed by atoms with Crippen LogP contribution in [0.1, 0.15) is 25.3 Å². The summed E-state index contributed by atoms with van der Waals surface area (Å²) in [5, 5.41) is 6.23. The molecule has 0 spiro atoms. The van der Waals surface area contributed by atoms with E-state index in [1.807, 2.05) is 6.92 Å². The van der Waals surface area contributed by atoms with E-state index in [1.54, 1.807) is 12.1 Å². The molecule has 6 nitrogen and oxygen atoms in total. The van der Waals surface area contributed by atoms with E-state index >= 15 is 0 Å². The molecule has 0 radical (unpaired) electrons. The second-order valence-corrected chi connectivity index (χ2v) is 6.44. The molecule has 1 fully saturated rings. The summed E-state index contributed by atoms with van der Waals surface area (Å²) < 4.78 is 52.5. The van der Waals surface area contributed by atoms with E-state index < -0.39 is 6.36 Å². The number of para-hydroxylation sites is 1. The Morgan fingerprint density at radius 3 is 2.82 bits per heavy atom. The molecule has 2 rings (SSSR count). The van der Waals surface area contributed by atoms with Gasteiger partial charge in [-0.25, -0.2) is 4.99 Å². The third-order valence-electron chi connectivity index (χ3n) is 4.09. The van der Waals surface area contributed by atoms with E-state index in [2.05, 4.69) is 20.4 Å². The van der Waals surface area contributed by atoms with Crippen LogP contribution in [0.5, 0.6) is 5.75 Å². The summed E-state index contributed by atoms with van der Waals surface area (Å²) in [5.41, 5.74) is 0.360. The molecule has 9 heteroatoms. The highest BCUT2D eigenvalue weighted by Gasteiger charge is 2.31. The largest absolute Gasteiger partial charge is 0.573 e. The van der Waals surface area contributed by atoms with Gasteiger partial charge in [0.2, 0.25) is 0 Å². The maximum absolute atomic E-state index is 12.5. The summed E-state index contributed by atoms with van der Waals surface area (Å²) in [5.74, 6) is 0.790. The van der Waals surface area contributed by atoms with E-state index in [-0.39, 0.29) is 12.3 Å². The van der Waals surface area contributed by atoms with Crippen molar-refractivity contribution in [2.75, 3.05) is 39.5 Å². The number of halogens is 3. The molecule has 0 saturated carbocycles. The molecular formula is C19H28F3N3O3. The third kappa shape index (κ3) is 8.79. The maximum atomic E-state index is 12.5. The van der Waals surface area contributed by atoms with Crippen LogP contribution in [0.25, 0.3) is 0 Å². The van der Waals surface area contributed by atoms with Crippen molar-refractivity contribution in [2.24, 2.45) is 10.9 Å². The number of ether oxygens (including phenoxy) is 3. The lowest BCUT2D eigenvalue weighted by Gasteiger charge is -2.14. The van der Waals surface area contributed by atoms with Crippen molar-refractivity contribution in [3.63, 3.8) is 0 Å². The van der Waals surface area contributed by atoms with Gasteiger partial charge in [-0.2, -0.15) is 0 Å². The molecule has 0 bridgehead atoms. The van der Waals surface area contributed by atoms with Crippen LogP contribution in [0.4, 0.5) is 13.2 Å². The van der Waals surface area contributed by atoms with Gasteiger partial charge in [-0.1, -0.05) is 18.2 Å². The Kier molecular flexibility index (Phi) is 9.36. The molecule has 1 saturated heterocycles. The van der Waals surface area contributed by atoms with Crippen LogP contribution in [-0.4, -0.2) is 51.8 Å². The number of guanidine groups is 1. The predicted octanol–water partition coefficient (Wildman–Crippen LogP) is 3.08. The van der Waals surface area contributed by atoms with Crippen LogP contribution in [-0.2, 0) is 16.0 Å². The minimum absolute atomic E-state index is 0.0692. The normalized spacial score (nSPS) is 17.6. The lowest BCUT2D eigenvalue weighted by atomic mass is 10.1. The Hall–Kier alpha value is -2.00. The van der Waals surface area contributed by atoms with Crippen LogP contribution >= 0.6 is 0 Å². The van der Waals surface area contributed by atoms with Crippen molar-refractivity contribution in [2.45, 2.75) is 32.7 Å². The van der Waals surface area contributed by atoms with Gasteiger partial charge in [-0.3, -0.25) is 0 Å². The fourth-order valence-electron chi connectivity index (χ4n) is 2.71. The van der Waals surface area contributed by atoms with Gasteiger partial charge >= 0.3 is 6.36 Å². The summed E-state index contributed by atoms with van der Waals surface area (Å²) in [7, 11) is 0. The van der Waals surface area contributed by atoms with Crippen molar-refractivity contribution in [3.05, 3.63) is 29.8 Å². The summed E-state index contributed by atoms with van der Waals surface area (Å²) in [6.45, 7) is 6.21. The molecule has 1 aliphatic heterocycles. The minimum Gasteiger partial charge on any atom is -0.405 e. The number of hydrogen-bond acceptors (Lipinski definition) is 4. The average Bonchev–Trinajstić information content (AvgIpc) is 3.15. The smallest absolute Gasteiger partial charge is 0.405 e. The molecular weight excluding hydrogens is 375 g/mol. The molecule has 28 heavy (non-hydrogen) atoms. The summed E-state index contributed by atoms with van der Waals surface area (Å²) in [4.78, 5) is 4.34. The van der Waals surface area contributed by atoms with Crippen molar-refractivity contribution in [1.29, 1.82) is 0 Å². The molecule has 1 aromatic carbocycles. The van der Waals surface area contributed by atoms with Gasteiger partial charge in [-0.15, -0.1) is 13.2 Å². The lowest BCUT2D eigenvalue weighted by molar-refractivity contribution is -0.274. The Labute approximate surface area is 163 Å². The molecule has 0 aliphatic carbocycles. The van der Waals surface area contributed by atoms with Gasteiger partial charge in [0, 0.05) is 37.8 Å². The van der Waals surface area contributed by atoms with E-state index in [4.69, 9.17) is 9.47 Å². The molecule has 2 N–H and O–H groups in total. The first-order valence-corrected chi connectivity index (χ1v) is 9.49. The fraction of sp³-hybridized carbons (Fsp3) is 0.632. The van der Waals surface area contributed by atoms with Gasteiger partial charge in [0.15, 0.2) is 5.96 Å². The minimum atomic E-state index is -4.73. The number of nitrogens with zero attached hydrogens (tertiary/aromatic N) is 1. The molecule has 0 aromatic heterocycles. The van der Waals surface area contributed by atoms with Crippen LogP contribution in [0.15, 0.2) is 29.3 Å². The van der Waals surface area contributed by atoms with E-state index in [9.17, 15) is 13.2 Å².